The zero-order valence-corrected chi connectivity index (χ0v) is 7.33. The van der Waals surface area contributed by atoms with E-state index < -0.39 is 0 Å². The average molecular weight is 171 g/mol. The Morgan fingerprint density at radius 2 is 2.25 bits per heavy atom. The molecule has 1 saturated heterocycles. The second-order valence-corrected chi connectivity index (χ2v) is 4.19. The molecule has 1 unspecified atom stereocenters. The van der Waals surface area contributed by atoms with Crippen LogP contribution in [0.4, 0.5) is 0 Å². The smallest absolute Gasteiger partial charge is 0.0552 e. The molecular formula is C9H17NO2. The minimum atomic E-state index is -0.103. The summed E-state index contributed by atoms with van der Waals surface area (Å²) in [6, 6.07) is 0. The van der Waals surface area contributed by atoms with Crippen LogP contribution in [0.2, 0.25) is 0 Å². The van der Waals surface area contributed by atoms with Crippen molar-refractivity contribution in [3.8, 4) is 0 Å². The Bertz CT molecular complexity index is 160. The minimum Gasteiger partial charge on any atom is -0.393 e. The van der Waals surface area contributed by atoms with Gasteiger partial charge in [0.05, 0.1) is 12.7 Å². The molecule has 12 heavy (non-hydrogen) atoms. The summed E-state index contributed by atoms with van der Waals surface area (Å²) in [5, 5.41) is 9.28. The fourth-order valence-corrected chi connectivity index (χ4v) is 2.56. The largest absolute Gasteiger partial charge is 0.393 e. The highest BCUT2D eigenvalue weighted by atomic mass is 16.5. The molecule has 70 valence electrons. The van der Waals surface area contributed by atoms with Gasteiger partial charge in [0.2, 0.25) is 0 Å². The van der Waals surface area contributed by atoms with Gasteiger partial charge in [0.25, 0.3) is 0 Å². The Kier molecular flexibility index (Phi) is 2.10. The Hall–Kier alpha value is -0.120. The zero-order chi connectivity index (χ0) is 8.60. The molecular weight excluding hydrogens is 154 g/mol. The molecule has 2 fully saturated rings. The lowest BCUT2D eigenvalue weighted by molar-refractivity contribution is -0.0651. The van der Waals surface area contributed by atoms with Crippen LogP contribution in [0.15, 0.2) is 0 Å². The molecule has 3 nitrogen and oxygen atoms in total. The fourth-order valence-electron chi connectivity index (χ4n) is 2.56. The Balaban J connectivity index is 1.98. The number of hydrogen-bond donors (Lipinski definition) is 2. The zero-order valence-electron chi connectivity index (χ0n) is 7.33. The van der Waals surface area contributed by atoms with Gasteiger partial charge in [-0.05, 0) is 37.1 Å². The van der Waals surface area contributed by atoms with Crippen LogP contribution in [0.3, 0.4) is 0 Å². The lowest BCUT2D eigenvalue weighted by Crippen LogP contribution is -2.51. The van der Waals surface area contributed by atoms with Crippen molar-refractivity contribution in [2.45, 2.75) is 25.4 Å². The van der Waals surface area contributed by atoms with Gasteiger partial charge in [-0.25, -0.2) is 0 Å². The molecule has 1 aliphatic carbocycles. The Morgan fingerprint density at radius 3 is 2.67 bits per heavy atom. The third-order valence-electron chi connectivity index (χ3n) is 3.49. The van der Waals surface area contributed by atoms with E-state index in [4.69, 9.17) is 10.5 Å². The molecule has 0 aromatic heterocycles. The number of hydrogen-bond acceptors (Lipinski definition) is 3. The molecule has 2 rings (SSSR count). The van der Waals surface area contributed by atoms with Gasteiger partial charge in [0, 0.05) is 6.61 Å². The van der Waals surface area contributed by atoms with Crippen molar-refractivity contribution in [2.24, 2.45) is 17.1 Å². The molecule has 0 aromatic carbocycles. The molecule has 0 bridgehead atoms. The summed E-state index contributed by atoms with van der Waals surface area (Å²) >= 11 is 0. The molecule has 1 atom stereocenters. The van der Waals surface area contributed by atoms with Crippen LogP contribution >= 0.6 is 0 Å². The van der Waals surface area contributed by atoms with Crippen molar-refractivity contribution in [1.29, 1.82) is 0 Å². The van der Waals surface area contributed by atoms with Gasteiger partial charge in [0.1, 0.15) is 0 Å². The molecule has 1 saturated carbocycles. The van der Waals surface area contributed by atoms with Crippen LogP contribution < -0.4 is 5.73 Å². The minimum absolute atomic E-state index is 0.103. The highest BCUT2D eigenvalue weighted by Gasteiger charge is 2.48. The number of aliphatic hydroxyl groups excluding tert-OH is 1. The molecule has 0 spiro atoms. The van der Waals surface area contributed by atoms with E-state index >= 15 is 0 Å². The maximum atomic E-state index is 9.28. The summed E-state index contributed by atoms with van der Waals surface area (Å²) in [4.78, 5) is 0. The quantitative estimate of drug-likeness (QED) is 0.620. The molecule has 1 heterocycles. The summed E-state index contributed by atoms with van der Waals surface area (Å²) in [5.41, 5.74) is 5.96. The monoisotopic (exact) mass is 171 g/mol. The maximum absolute atomic E-state index is 9.28. The van der Waals surface area contributed by atoms with E-state index in [2.05, 4.69) is 0 Å². The predicted octanol–water partition coefficient (Wildman–Crippen LogP) is 0.123. The van der Waals surface area contributed by atoms with Crippen LogP contribution in [-0.4, -0.2) is 31.0 Å². The van der Waals surface area contributed by atoms with Crippen molar-refractivity contribution >= 4 is 0 Å². The van der Waals surface area contributed by atoms with E-state index in [0.29, 0.717) is 12.5 Å². The van der Waals surface area contributed by atoms with Crippen LogP contribution in [0.25, 0.3) is 0 Å². The van der Waals surface area contributed by atoms with Crippen LogP contribution in [0, 0.1) is 11.3 Å². The summed E-state index contributed by atoms with van der Waals surface area (Å²) in [7, 11) is 0. The van der Waals surface area contributed by atoms with E-state index in [1.807, 2.05) is 0 Å². The highest BCUT2D eigenvalue weighted by molar-refractivity contribution is 4.99. The van der Waals surface area contributed by atoms with Crippen molar-refractivity contribution in [1.82, 2.24) is 0 Å². The molecule has 0 aromatic rings. The molecule has 1 aliphatic heterocycles. The molecule has 0 amide bonds. The average Bonchev–Trinajstić information content (AvgIpc) is 2.50. The van der Waals surface area contributed by atoms with Crippen molar-refractivity contribution in [3.05, 3.63) is 0 Å². The maximum Gasteiger partial charge on any atom is 0.0552 e. The standard InChI is InChI=1S/C9H17NO2/c10-6-9(3-8(11)4-9)7-1-2-12-5-7/h7-8,11H,1-6,10H2. The van der Waals surface area contributed by atoms with Gasteiger partial charge in [-0.1, -0.05) is 0 Å². The first-order chi connectivity index (χ1) is 5.77. The van der Waals surface area contributed by atoms with Gasteiger partial charge in [-0.3, -0.25) is 0 Å². The van der Waals surface area contributed by atoms with Gasteiger partial charge >= 0.3 is 0 Å². The Morgan fingerprint density at radius 1 is 1.50 bits per heavy atom. The summed E-state index contributed by atoms with van der Waals surface area (Å²) in [6.07, 6.45) is 2.80. The fraction of sp³-hybridized carbons (Fsp3) is 1.00. The van der Waals surface area contributed by atoms with E-state index in [0.717, 1.165) is 32.5 Å². The third-order valence-corrected chi connectivity index (χ3v) is 3.49. The highest BCUT2D eigenvalue weighted by Crippen LogP contribution is 2.49. The third kappa shape index (κ3) is 1.16. The van der Waals surface area contributed by atoms with Crippen LogP contribution in [-0.2, 0) is 4.74 Å². The van der Waals surface area contributed by atoms with Crippen molar-refractivity contribution in [2.75, 3.05) is 19.8 Å². The van der Waals surface area contributed by atoms with Gasteiger partial charge < -0.3 is 15.6 Å². The number of aliphatic hydroxyl groups is 1. The Labute approximate surface area is 72.9 Å². The normalized spacial score (nSPS) is 47.5. The predicted molar refractivity (Wildman–Crippen MR) is 45.7 cm³/mol. The van der Waals surface area contributed by atoms with Gasteiger partial charge in [0.15, 0.2) is 0 Å². The van der Waals surface area contributed by atoms with E-state index in [-0.39, 0.29) is 11.5 Å². The van der Waals surface area contributed by atoms with Crippen LogP contribution in [0.1, 0.15) is 19.3 Å². The first kappa shape index (κ1) is 8.48. The first-order valence-corrected chi connectivity index (χ1v) is 4.73. The summed E-state index contributed by atoms with van der Waals surface area (Å²) < 4.78 is 5.34. The molecule has 3 heteroatoms. The lowest BCUT2D eigenvalue weighted by Gasteiger charge is -2.48. The first-order valence-electron chi connectivity index (χ1n) is 4.73. The summed E-state index contributed by atoms with van der Waals surface area (Å²) in [5.74, 6) is 0.603. The lowest BCUT2D eigenvalue weighted by atomic mass is 9.59. The molecule has 0 radical (unpaired) electrons. The number of nitrogens with two attached hydrogens (primary N) is 1. The van der Waals surface area contributed by atoms with Crippen molar-refractivity contribution < 1.29 is 9.84 Å². The van der Waals surface area contributed by atoms with E-state index in [1.54, 1.807) is 0 Å². The number of rotatable bonds is 2. The van der Waals surface area contributed by atoms with Crippen molar-refractivity contribution in [3.63, 3.8) is 0 Å². The second kappa shape index (κ2) is 2.98. The van der Waals surface area contributed by atoms with E-state index in [9.17, 15) is 5.11 Å². The van der Waals surface area contributed by atoms with Gasteiger partial charge in [-0.15, -0.1) is 0 Å². The topological polar surface area (TPSA) is 55.5 Å². The number of ether oxygens (including phenoxy) is 1. The van der Waals surface area contributed by atoms with E-state index in [1.165, 1.54) is 0 Å². The molecule has 2 aliphatic rings. The molecule has 3 N–H and O–H groups in total. The summed E-state index contributed by atoms with van der Waals surface area (Å²) in [6.45, 7) is 2.44. The van der Waals surface area contributed by atoms with Gasteiger partial charge in [-0.2, -0.15) is 0 Å². The SMILES string of the molecule is NCC1(C2CCOC2)CC(O)C1. The van der Waals surface area contributed by atoms with Crippen LogP contribution in [0.5, 0.6) is 0 Å². The second-order valence-electron chi connectivity index (χ2n) is 4.19.